The van der Waals surface area contributed by atoms with Crippen LogP contribution >= 0.6 is 23.2 Å². The van der Waals surface area contributed by atoms with Gasteiger partial charge in [-0.15, -0.1) is 5.10 Å². The zero-order valence-electron chi connectivity index (χ0n) is 16.5. The fourth-order valence-corrected chi connectivity index (χ4v) is 3.72. The molecular weight excluding hydrogens is 421 g/mol. The molecule has 1 N–H and O–H groups in total. The Morgan fingerprint density at radius 3 is 2.63 bits per heavy atom. The number of rotatable bonds is 5. The molecule has 0 aliphatic heterocycles. The number of hydrogen-bond acceptors (Lipinski definition) is 4. The van der Waals surface area contributed by atoms with E-state index in [0.717, 1.165) is 22.5 Å². The maximum atomic E-state index is 12.4. The highest BCUT2D eigenvalue weighted by molar-refractivity contribution is 6.31. The fourth-order valence-electron chi connectivity index (χ4n) is 3.33. The molecule has 0 radical (unpaired) electrons. The molecule has 0 atom stereocenters. The lowest BCUT2D eigenvalue weighted by atomic mass is 10.0. The molecule has 0 aliphatic carbocycles. The molecule has 0 bridgehead atoms. The summed E-state index contributed by atoms with van der Waals surface area (Å²) < 4.78 is 1.68. The molecule has 30 heavy (non-hydrogen) atoms. The second-order valence-electron chi connectivity index (χ2n) is 7.00. The van der Waals surface area contributed by atoms with Crippen LogP contribution in [0.4, 0.5) is 5.69 Å². The van der Waals surface area contributed by atoms with Crippen molar-refractivity contribution in [2.45, 2.75) is 26.7 Å². The Bertz CT molecular complexity index is 1250. The first-order chi connectivity index (χ1) is 14.4. The number of fused-ring (bicyclic) bond motifs is 1. The zero-order chi connectivity index (χ0) is 21.3. The molecule has 2 heterocycles. The molecule has 0 aliphatic rings. The number of nitrogens with one attached hydrogen (secondary N) is 1. The van der Waals surface area contributed by atoms with Crippen LogP contribution in [0.5, 0.6) is 0 Å². The summed E-state index contributed by atoms with van der Waals surface area (Å²) in [7, 11) is 0. The Morgan fingerprint density at radius 2 is 1.87 bits per heavy atom. The lowest BCUT2D eigenvalue weighted by Crippen LogP contribution is -2.15. The van der Waals surface area contributed by atoms with Crippen molar-refractivity contribution in [2.75, 3.05) is 5.32 Å². The molecule has 6 nitrogen and oxygen atoms in total. The van der Waals surface area contributed by atoms with Gasteiger partial charge in [0.05, 0.1) is 6.42 Å². The molecule has 2 aromatic heterocycles. The average Bonchev–Trinajstić information content (AvgIpc) is 3.08. The van der Waals surface area contributed by atoms with Gasteiger partial charge in [0, 0.05) is 33.5 Å². The number of carbonyl (C=O) groups is 1. The maximum absolute atomic E-state index is 12.4. The van der Waals surface area contributed by atoms with E-state index in [9.17, 15) is 4.79 Å². The summed E-state index contributed by atoms with van der Waals surface area (Å²) in [6.45, 7) is 3.91. The number of hydrogen-bond donors (Lipinski definition) is 1. The van der Waals surface area contributed by atoms with E-state index in [1.807, 2.05) is 38.1 Å². The Balaban J connectivity index is 1.59. The standard InChI is InChI=1S/C22H19Cl2N5O/c1-13-18(10-15-6-3-4-9-19(15)24)14(2)29-22(25-13)27-20(28-29)12-21(30)26-17-8-5-7-16(23)11-17/h3-9,11H,10,12H2,1-2H3,(H,26,30). The van der Waals surface area contributed by atoms with Gasteiger partial charge in [0.2, 0.25) is 5.91 Å². The van der Waals surface area contributed by atoms with Gasteiger partial charge in [0.25, 0.3) is 5.78 Å². The van der Waals surface area contributed by atoms with E-state index in [1.165, 1.54) is 0 Å². The van der Waals surface area contributed by atoms with Crippen molar-refractivity contribution in [3.63, 3.8) is 0 Å². The van der Waals surface area contributed by atoms with E-state index in [-0.39, 0.29) is 12.3 Å². The van der Waals surface area contributed by atoms with Crippen LogP contribution in [-0.2, 0) is 17.6 Å². The van der Waals surface area contributed by atoms with Gasteiger partial charge in [-0.1, -0.05) is 47.5 Å². The van der Waals surface area contributed by atoms with E-state index in [0.29, 0.717) is 33.8 Å². The Hall–Kier alpha value is -2.96. The Morgan fingerprint density at radius 1 is 1.07 bits per heavy atom. The zero-order valence-corrected chi connectivity index (χ0v) is 18.0. The van der Waals surface area contributed by atoms with E-state index < -0.39 is 0 Å². The summed E-state index contributed by atoms with van der Waals surface area (Å²) in [5, 5.41) is 8.58. The molecule has 0 saturated heterocycles. The molecule has 152 valence electrons. The number of amides is 1. The number of anilines is 1. The van der Waals surface area contributed by atoms with Crippen molar-refractivity contribution >= 4 is 40.6 Å². The predicted molar refractivity (Wildman–Crippen MR) is 118 cm³/mol. The first kappa shape index (κ1) is 20.3. The number of aryl methyl sites for hydroxylation is 2. The van der Waals surface area contributed by atoms with Gasteiger partial charge in [-0.25, -0.2) is 9.50 Å². The van der Waals surface area contributed by atoms with Crippen molar-refractivity contribution < 1.29 is 4.79 Å². The van der Waals surface area contributed by atoms with Crippen molar-refractivity contribution in [3.8, 4) is 0 Å². The Kier molecular flexibility index (Phi) is 5.70. The highest BCUT2D eigenvalue weighted by Gasteiger charge is 2.16. The van der Waals surface area contributed by atoms with E-state index in [2.05, 4.69) is 20.4 Å². The number of aromatic nitrogens is 4. The largest absolute Gasteiger partial charge is 0.326 e. The third-order valence-electron chi connectivity index (χ3n) is 4.84. The molecule has 4 rings (SSSR count). The third kappa shape index (κ3) is 4.30. The van der Waals surface area contributed by atoms with Gasteiger partial charge in [-0.3, -0.25) is 4.79 Å². The number of halogens is 2. The highest BCUT2D eigenvalue weighted by atomic mass is 35.5. The molecule has 0 unspecified atom stereocenters. The van der Waals surface area contributed by atoms with E-state index in [4.69, 9.17) is 23.2 Å². The molecule has 0 fully saturated rings. The summed E-state index contributed by atoms with van der Waals surface area (Å²) in [6.07, 6.45) is 0.679. The molecule has 2 aromatic carbocycles. The summed E-state index contributed by atoms with van der Waals surface area (Å²) in [5.74, 6) is 0.650. The van der Waals surface area contributed by atoms with E-state index >= 15 is 0 Å². The molecule has 4 aromatic rings. The van der Waals surface area contributed by atoms with Crippen LogP contribution in [0.2, 0.25) is 10.0 Å². The monoisotopic (exact) mass is 439 g/mol. The van der Waals surface area contributed by atoms with Crippen molar-refractivity contribution in [1.82, 2.24) is 19.6 Å². The quantitative estimate of drug-likeness (QED) is 0.483. The van der Waals surface area contributed by atoms with E-state index in [1.54, 1.807) is 28.8 Å². The smallest absolute Gasteiger partial charge is 0.252 e. The van der Waals surface area contributed by atoms with Gasteiger partial charge in [0.15, 0.2) is 5.82 Å². The number of carbonyl (C=O) groups excluding carboxylic acids is 1. The topological polar surface area (TPSA) is 72.2 Å². The summed E-state index contributed by atoms with van der Waals surface area (Å²) >= 11 is 12.3. The van der Waals surface area contributed by atoms with Crippen LogP contribution in [0, 0.1) is 13.8 Å². The average molecular weight is 440 g/mol. The SMILES string of the molecule is Cc1nc2nc(CC(=O)Nc3cccc(Cl)c3)nn2c(C)c1Cc1ccccc1Cl. The summed E-state index contributed by atoms with van der Waals surface area (Å²) in [5.41, 5.74) is 4.47. The lowest BCUT2D eigenvalue weighted by Gasteiger charge is -2.11. The Labute approximate surface area is 183 Å². The van der Waals surface area contributed by atoms with Gasteiger partial charge in [-0.05, 0) is 49.2 Å². The van der Waals surface area contributed by atoms with Crippen LogP contribution in [0.25, 0.3) is 5.78 Å². The highest BCUT2D eigenvalue weighted by Crippen LogP contribution is 2.23. The molecule has 0 spiro atoms. The second kappa shape index (κ2) is 8.42. The van der Waals surface area contributed by atoms with Gasteiger partial charge < -0.3 is 5.32 Å². The minimum absolute atomic E-state index is 0.0359. The van der Waals surface area contributed by atoms with Crippen LogP contribution in [0.1, 0.15) is 28.3 Å². The van der Waals surface area contributed by atoms with Gasteiger partial charge >= 0.3 is 0 Å². The first-order valence-corrected chi connectivity index (χ1v) is 10.2. The van der Waals surface area contributed by atoms with Crippen molar-refractivity contribution in [3.05, 3.63) is 86.9 Å². The summed E-state index contributed by atoms with van der Waals surface area (Å²) in [4.78, 5) is 21.4. The van der Waals surface area contributed by atoms with Crippen molar-refractivity contribution in [2.24, 2.45) is 0 Å². The fraction of sp³-hybridized carbons (Fsp3) is 0.182. The normalized spacial score (nSPS) is 11.1. The van der Waals surface area contributed by atoms with Crippen LogP contribution in [-0.4, -0.2) is 25.5 Å². The first-order valence-electron chi connectivity index (χ1n) is 9.41. The minimum Gasteiger partial charge on any atom is -0.326 e. The molecule has 1 amide bonds. The van der Waals surface area contributed by atoms with Gasteiger partial charge in [0.1, 0.15) is 0 Å². The lowest BCUT2D eigenvalue weighted by molar-refractivity contribution is -0.115. The molecule has 0 saturated carbocycles. The predicted octanol–water partition coefficient (Wildman–Crippen LogP) is 4.82. The van der Waals surface area contributed by atoms with Gasteiger partial charge in [-0.2, -0.15) is 4.98 Å². The second-order valence-corrected chi connectivity index (χ2v) is 7.85. The maximum Gasteiger partial charge on any atom is 0.252 e. The van der Waals surface area contributed by atoms with Crippen molar-refractivity contribution in [1.29, 1.82) is 0 Å². The van der Waals surface area contributed by atoms with Crippen LogP contribution in [0.3, 0.4) is 0 Å². The molecular formula is C22H19Cl2N5O. The van der Waals surface area contributed by atoms with Crippen LogP contribution in [0.15, 0.2) is 48.5 Å². The molecule has 8 heteroatoms. The summed E-state index contributed by atoms with van der Waals surface area (Å²) in [6, 6.07) is 14.7. The number of benzene rings is 2. The third-order valence-corrected chi connectivity index (χ3v) is 5.45. The minimum atomic E-state index is -0.223. The number of nitrogens with zero attached hydrogens (tertiary/aromatic N) is 4. The van der Waals surface area contributed by atoms with Crippen LogP contribution < -0.4 is 5.32 Å².